The van der Waals surface area contributed by atoms with Crippen molar-refractivity contribution in [1.82, 2.24) is 14.3 Å². The maximum absolute atomic E-state index is 14.4. The summed E-state index contributed by atoms with van der Waals surface area (Å²) in [6.07, 6.45) is 16.0. The van der Waals surface area contributed by atoms with E-state index in [-0.39, 0.29) is 45.3 Å². The molecule has 0 spiro atoms. The quantitative estimate of drug-likeness (QED) is 0.171. The van der Waals surface area contributed by atoms with Crippen molar-refractivity contribution in [3.05, 3.63) is 58.8 Å². The van der Waals surface area contributed by atoms with Crippen LogP contribution in [0.3, 0.4) is 0 Å². The molecule has 7 heteroatoms. The molecule has 1 heterocycles. The first-order valence-corrected chi connectivity index (χ1v) is 20.0. The van der Waals surface area contributed by atoms with E-state index in [1.165, 1.54) is 17.5 Å². The molecule has 2 aromatic rings. The molecule has 5 aliphatic carbocycles. The van der Waals surface area contributed by atoms with Crippen molar-refractivity contribution in [1.29, 1.82) is 0 Å². The number of unbranched alkanes of at least 4 members (excludes halogenated alkanes) is 2. The highest BCUT2D eigenvalue weighted by Gasteiger charge is 2.69. The van der Waals surface area contributed by atoms with E-state index in [4.69, 9.17) is 4.74 Å². The Bertz CT molecular complexity index is 1660. The number of nitrogens with zero attached hydrogens (tertiary/aromatic N) is 3. The molecule has 5 aliphatic rings. The first kappa shape index (κ1) is 35.7. The van der Waals surface area contributed by atoms with Crippen LogP contribution < -0.4 is 5.69 Å². The van der Waals surface area contributed by atoms with Crippen LogP contribution in [0.25, 0.3) is 5.69 Å². The van der Waals surface area contributed by atoms with E-state index in [9.17, 15) is 14.7 Å². The Morgan fingerprint density at radius 3 is 2.44 bits per heavy atom. The van der Waals surface area contributed by atoms with Gasteiger partial charge in [-0.3, -0.25) is 4.79 Å². The van der Waals surface area contributed by atoms with Gasteiger partial charge in [-0.1, -0.05) is 78.3 Å². The third kappa shape index (κ3) is 5.24. The molecule has 0 radical (unpaired) electrons. The highest BCUT2D eigenvalue weighted by Crippen LogP contribution is 2.75. The largest absolute Gasteiger partial charge is 0.465 e. The van der Waals surface area contributed by atoms with Crippen molar-refractivity contribution in [3.8, 4) is 5.69 Å². The standard InChI is InChI=1S/C43H63N3O4/c1-29-18-23-43(37(48)50-27-13-9-12-26-46-38(49)45(28-44-46)31-14-10-8-11-15-31)25-24-41(6)32(36(43)30(29)2)16-17-34-40(5)21-20-35(47)39(3,4)33(40)19-22-42(34,41)7/h8,10-11,14-16,28-30,33-36,47H,9,12-13,17-27H2,1-7H3/t29-,30+,33+,34-,35+,36+,40+,41-,42-,43+/m1/s1. The minimum Gasteiger partial charge on any atom is -0.465 e. The summed E-state index contributed by atoms with van der Waals surface area (Å²) in [5.41, 5.74) is 2.24. The second-order valence-electron chi connectivity index (χ2n) is 18.7. The smallest absolute Gasteiger partial charge is 0.350 e. The fourth-order valence-electron chi connectivity index (χ4n) is 12.9. The number of carbonyl (C=O) groups excluding carboxylic acids is 1. The van der Waals surface area contributed by atoms with Gasteiger partial charge in [0.05, 0.1) is 23.8 Å². The first-order valence-electron chi connectivity index (χ1n) is 20.0. The van der Waals surface area contributed by atoms with Crippen molar-refractivity contribution >= 4 is 5.97 Å². The third-order valence-corrected chi connectivity index (χ3v) is 16.4. The first-order chi connectivity index (χ1) is 23.7. The maximum Gasteiger partial charge on any atom is 0.350 e. The Morgan fingerprint density at radius 1 is 0.920 bits per heavy atom. The number of fused-ring (bicyclic) bond motifs is 7. The van der Waals surface area contributed by atoms with Gasteiger partial charge in [0, 0.05) is 6.54 Å². The average Bonchev–Trinajstić information content (AvgIpc) is 3.46. The summed E-state index contributed by atoms with van der Waals surface area (Å²) in [4.78, 5) is 27.2. The Balaban J connectivity index is 1.04. The number of aliphatic hydroxyl groups is 1. The lowest BCUT2D eigenvalue weighted by atomic mass is 9.33. The zero-order chi connectivity index (χ0) is 35.7. The lowest BCUT2D eigenvalue weighted by molar-refractivity contribution is -0.207. The molecule has 4 fully saturated rings. The minimum absolute atomic E-state index is 0.0352. The van der Waals surface area contributed by atoms with Gasteiger partial charge >= 0.3 is 11.7 Å². The highest BCUT2D eigenvalue weighted by molar-refractivity contribution is 5.79. The van der Waals surface area contributed by atoms with Crippen molar-refractivity contribution in [3.63, 3.8) is 0 Å². The lowest BCUT2D eigenvalue weighted by Crippen LogP contribution is -2.65. The molecule has 7 rings (SSSR count). The predicted octanol–water partition coefficient (Wildman–Crippen LogP) is 8.77. The number of hydrogen-bond donors (Lipinski definition) is 1. The summed E-state index contributed by atoms with van der Waals surface area (Å²) in [7, 11) is 0. The number of carbonyl (C=O) groups is 1. The van der Waals surface area contributed by atoms with E-state index in [1.807, 2.05) is 30.3 Å². The second-order valence-corrected chi connectivity index (χ2v) is 18.7. The third-order valence-electron chi connectivity index (χ3n) is 16.4. The number of aryl methyl sites for hydroxylation is 1. The van der Waals surface area contributed by atoms with Crippen molar-refractivity contribution < 1.29 is 14.6 Å². The Hall–Kier alpha value is -2.67. The van der Waals surface area contributed by atoms with Crippen LogP contribution in [0.5, 0.6) is 0 Å². The molecule has 4 saturated carbocycles. The molecular formula is C43H63N3O4. The number of hydrogen-bond acceptors (Lipinski definition) is 5. The molecule has 0 amide bonds. The molecular weight excluding hydrogens is 622 g/mol. The zero-order valence-electron chi connectivity index (χ0n) is 31.9. The summed E-state index contributed by atoms with van der Waals surface area (Å²) in [5.74, 6) is 2.41. The fraction of sp³-hybridized carbons (Fsp3) is 0.744. The van der Waals surface area contributed by atoms with Crippen LogP contribution in [0.2, 0.25) is 0 Å². The number of esters is 1. The SMILES string of the molecule is C[C@H]1[C@H](C)CC[C@]2(C(=O)OCCCCCn3ncn(-c4ccccc4)c3=O)CC[C@]3(C)C(=CC[C@@H]4[C@@]5(C)CC[C@H](O)C(C)(C)[C@@H]5CC[C@]43C)[C@H]12. The molecule has 1 N–H and O–H groups in total. The summed E-state index contributed by atoms with van der Waals surface area (Å²) in [6, 6.07) is 9.58. The van der Waals surface area contributed by atoms with E-state index >= 15 is 0 Å². The summed E-state index contributed by atoms with van der Waals surface area (Å²) in [6.45, 7) is 18.2. The zero-order valence-corrected chi connectivity index (χ0v) is 31.9. The number of benzene rings is 1. The van der Waals surface area contributed by atoms with Crippen molar-refractivity contribution in [2.45, 2.75) is 138 Å². The molecule has 274 valence electrons. The van der Waals surface area contributed by atoms with E-state index < -0.39 is 5.41 Å². The van der Waals surface area contributed by atoms with Crippen molar-refractivity contribution in [2.75, 3.05) is 6.61 Å². The van der Waals surface area contributed by atoms with E-state index in [1.54, 1.807) is 16.5 Å². The van der Waals surface area contributed by atoms with Crippen molar-refractivity contribution in [2.24, 2.45) is 56.7 Å². The number of ether oxygens (including phenoxy) is 1. The van der Waals surface area contributed by atoms with Crippen LogP contribution in [0, 0.1) is 56.7 Å². The topological polar surface area (TPSA) is 86.4 Å². The number of aliphatic hydroxyl groups excluding tert-OH is 1. The van der Waals surface area contributed by atoms with Crippen LogP contribution in [0.4, 0.5) is 0 Å². The van der Waals surface area contributed by atoms with Gasteiger partial charge in [0.1, 0.15) is 6.33 Å². The number of para-hydroxylation sites is 1. The van der Waals surface area contributed by atoms with Gasteiger partial charge in [-0.2, -0.15) is 5.10 Å². The fourth-order valence-corrected chi connectivity index (χ4v) is 12.9. The summed E-state index contributed by atoms with van der Waals surface area (Å²) >= 11 is 0. The molecule has 0 unspecified atom stereocenters. The van der Waals surface area contributed by atoms with Gasteiger partial charge in [-0.25, -0.2) is 14.0 Å². The molecule has 50 heavy (non-hydrogen) atoms. The second kappa shape index (κ2) is 12.8. The maximum atomic E-state index is 14.4. The van der Waals surface area contributed by atoms with Gasteiger partial charge in [0.15, 0.2) is 0 Å². The minimum atomic E-state index is -0.434. The van der Waals surface area contributed by atoms with Gasteiger partial charge in [-0.05, 0) is 140 Å². The van der Waals surface area contributed by atoms with Crippen LogP contribution in [0.15, 0.2) is 53.1 Å². The molecule has 7 nitrogen and oxygen atoms in total. The van der Waals surface area contributed by atoms with Gasteiger partial charge in [0.25, 0.3) is 0 Å². The molecule has 0 aliphatic heterocycles. The van der Waals surface area contributed by atoms with Gasteiger partial charge in [-0.15, -0.1) is 0 Å². The predicted molar refractivity (Wildman–Crippen MR) is 198 cm³/mol. The molecule has 1 aromatic carbocycles. The monoisotopic (exact) mass is 685 g/mol. The van der Waals surface area contributed by atoms with Crippen LogP contribution in [0.1, 0.15) is 126 Å². The number of allylic oxidation sites excluding steroid dienone is 2. The highest BCUT2D eigenvalue weighted by atomic mass is 16.5. The summed E-state index contributed by atoms with van der Waals surface area (Å²) in [5, 5.41) is 15.4. The average molecular weight is 686 g/mol. The Labute approximate surface area is 300 Å². The van der Waals surface area contributed by atoms with E-state index in [2.05, 4.69) is 59.6 Å². The van der Waals surface area contributed by atoms with E-state index in [0.29, 0.717) is 36.8 Å². The number of rotatable bonds is 8. The lowest BCUT2D eigenvalue weighted by Gasteiger charge is -2.71. The van der Waals surface area contributed by atoms with Crippen LogP contribution in [-0.4, -0.2) is 38.1 Å². The van der Waals surface area contributed by atoms with Gasteiger partial charge < -0.3 is 9.84 Å². The van der Waals surface area contributed by atoms with Crippen LogP contribution in [-0.2, 0) is 16.1 Å². The van der Waals surface area contributed by atoms with Crippen LogP contribution >= 0.6 is 0 Å². The normalized spacial score (nSPS) is 40.4. The molecule has 0 bridgehead atoms. The molecule has 10 atom stereocenters. The van der Waals surface area contributed by atoms with Gasteiger partial charge in [0.2, 0.25) is 0 Å². The molecule has 1 aromatic heterocycles. The summed E-state index contributed by atoms with van der Waals surface area (Å²) < 4.78 is 9.36. The number of aromatic nitrogens is 3. The van der Waals surface area contributed by atoms with E-state index in [0.717, 1.165) is 69.9 Å². The molecule has 0 saturated heterocycles. The Kier molecular flexibility index (Phi) is 9.13. The Morgan fingerprint density at radius 2 is 1.68 bits per heavy atom.